The van der Waals surface area contributed by atoms with Crippen LogP contribution in [-0.4, -0.2) is 22.9 Å². The monoisotopic (exact) mass is 966 g/mol. The van der Waals surface area contributed by atoms with Gasteiger partial charge in [0.25, 0.3) is 0 Å². The van der Waals surface area contributed by atoms with E-state index in [0.717, 1.165) is 50.8 Å². The van der Waals surface area contributed by atoms with Crippen LogP contribution in [0.2, 0.25) is 0 Å². The molecule has 0 radical (unpaired) electrons. The van der Waals surface area contributed by atoms with Crippen LogP contribution in [0, 0.1) is 0 Å². The van der Waals surface area contributed by atoms with E-state index in [9.17, 15) is 0 Å². The third-order valence-electron chi connectivity index (χ3n) is 16.7. The maximum absolute atomic E-state index is 7.31. The summed E-state index contributed by atoms with van der Waals surface area (Å²) in [6.07, 6.45) is 0. The quantitative estimate of drug-likeness (QED) is 0.157. The summed E-state index contributed by atoms with van der Waals surface area (Å²) in [6.45, 7) is -0.169. The van der Waals surface area contributed by atoms with E-state index in [0.29, 0.717) is 0 Å². The predicted octanol–water partition coefficient (Wildman–Crippen LogP) is 8.20. The number of hydrogen-bond acceptors (Lipinski definition) is 4. The normalized spacial score (nSPS) is 15.5. The van der Waals surface area contributed by atoms with Crippen molar-refractivity contribution < 1.29 is 9.47 Å². The molecule has 4 aliphatic rings. The Morgan fingerprint density at radius 3 is 0.863 bits per heavy atom. The first-order valence-corrected chi connectivity index (χ1v) is 30.1. The molecule has 0 atom stereocenters. The maximum atomic E-state index is 7.31. The van der Waals surface area contributed by atoms with Crippen LogP contribution in [0.15, 0.2) is 273 Å². The van der Waals surface area contributed by atoms with Gasteiger partial charge in [-0.2, -0.15) is 0 Å². The minimum atomic E-state index is -3.28. The number of rotatable bonds is 6. The van der Waals surface area contributed by atoms with Crippen LogP contribution in [-0.2, 0) is 0 Å². The molecule has 0 N–H and O–H groups in total. The summed E-state index contributed by atoms with van der Waals surface area (Å²) in [5, 5.41) is 11.0. The summed E-state index contributed by atoms with van der Waals surface area (Å²) in [5.41, 5.74) is 10.0. The zero-order valence-electron chi connectivity index (χ0n) is 39.9. The molecular formula is C66H47BN2O2Si2-2. The van der Waals surface area contributed by atoms with E-state index in [1.54, 1.807) is 0 Å². The topological polar surface area (TPSA) is 24.9 Å². The second kappa shape index (κ2) is 16.3. The number of anilines is 6. The Balaban J connectivity index is 0.937. The first-order chi connectivity index (χ1) is 36.3. The van der Waals surface area contributed by atoms with Crippen molar-refractivity contribution in [2.45, 2.75) is 0 Å². The minimum absolute atomic E-state index is 0.169. The summed E-state index contributed by atoms with van der Waals surface area (Å²) in [5.74, 6) is 3.34. The fourth-order valence-corrected chi connectivity index (χ4v) is 25.7. The Hall–Kier alpha value is -8.88. The number of nitrogens with zero attached hydrogens (tertiary/aromatic N) is 2. The van der Waals surface area contributed by atoms with Gasteiger partial charge in [0.2, 0.25) is 0 Å². The van der Waals surface area contributed by atoms with Crippen molar-refractivity contribution >= 4 is 115 Å². The summed E-state index contributed by atoms with van der Waals surface area (Å²) in [6, 6.07) is 101. The van der Waals surface area contributed by atoms with Crippen molar-refractivity contribution in [3.63, 3.8) is 0 Å². The summed E-state index contributed by atoms with van der Waals surface area (Å²) < 4.78 is 14.6. The van der Waals surface area contributed by atoms with Crippen molar-refractivity contribution in [2.75, 3.05) is 9.80 Å². The number of fused-ring (bicyclic) bond motifs is 8. The molecule has 0 unspecified atom stereocenters. The molecule has 11 aromatic carbocycles. The average Bonchev–Trinajstić information content (AvgIpc) is 3.47. The predicted molar refractivity (Wildman–Crippen MR) is 311 cm³/mol. The van der Waals surface area contributed by atoms with E-state index in [1.165, 1.54) is 64.2 Å². The molecule has 346 valence electrons. The van der Waals surface area contributed by atoms with Gasteiger partial charge in [0.1, 0.15) is 0 Å². The number of para-hydroxylation sites is 6. The third kappa shape index (κ3) is 5.83. The summed E-state index contributed by atoms with van der Waals surface area (Å²) in [4.78, 5) is 4.97. The molecule has 0 spiro atoms. The summed E-state index contributed by atoms with van der Waals surface area (Å²) in [7, 11) is -6.56. The van der Waals surface area contributed by atoms with Gasteiger partial charge >= 0.3 is 430 Å². The molecule has 11 aromatic rings. The Labute approximate surface area is 427 Å². The average molecular weight is 967 g/mol. The molecule has 0 aromatic heterocycles. The molecule has 4 heterocycles. The van der Waals surface area contributed by atoms with E-state index in [1.807, 2.05) is 0 Å². The molecule has 7 heteroatoms. The first-order valence-electron chi connectivity index (χ1n) is 25.5. The Kier molecular flexibility index (Phi) is 9.36. The molecule has 0 fully saturated rings. The Morgan fingerprint density at radius 2 is 0.534 bits per heavy atom. The fraction of sp³-hybridized carbons (Fsp3) is 0. The van der Waals surface area contributed by atoms with Crippen LogP contribution in [0.5, 0.6) is 23.0 Å². The van der Waals surface area contributed by atoms with Crippen molar-refractivity contribution in [2.24, 2.45) is 0 Å². The van der Waals surface area contributed by atoms with E-state index < -0.39 is 16.1 Å². The first kappa shape index (κ1) is 41.9. The van der Waals surface area contributed by atoms with Crippen LogP contribution >= 0.6 is 0 Å². The van der Waals surface area contributed by atoms with E-state index in [4.69, 9.17) is 9.47 Å². The van der Waals surface area contributed by atoms with Gasteiger partial charge in [-0.15, -0.1) is 0 Å². The molecular weight excluding hydrogens is 920 g/mol. The third-order valence-corrected chi connectivity index (χ3v) is 27.9. The van der Waals surface area contributed by atoms with Gasteiger partial charge in [-0.1, -0.05) is 0 Å². The molecule has 0 amide bonds. The Morgan fingerprint density at radius 1 is 0.260 bits per heavy atom. The molecule has 0 saturated heterocycles. The molecule has 0 aliphatic carbocycles. The van der Waals surface area contributed by atoms with Crippen LogP contribution in [0.1, 0.15) is 0 Å². The van der Waals surface area contributed by atoms with Crippen LogP contribution in [0.3, 0.4) is 0 Å². The molecule has 4 nitrogen and oxygen atoms in total. The Bertz CT molecular complexity index is 3540. The van der Waals surface area contributed by atoms with Crippen LogP contribution in [0.4, 0.5) is 34.1 Å². The zero-order chi connectivity index (χ0) is 48.1. The van der Waals surface area contributed by atoms with Gasteiger partial charge in [-0.3, -0.25) is 0 Å². The van der Waals surface area contributed by atoms with Crippen LogP contribution < -0.4 is 77.2 Å². The van der Waals surface area contributed by atoms with Gasteiger partial charge < -0.3 is 0 Å². The molecule has 73 heavy (non-hydrogen) atoms. The standard InChI is InChI=1S/C66H47BN2O2Si2/c1-5-24-46(25-6-1)72(47-26-7-2-8-27-47)60-42-17-13-34-52(60)68(53-35-14-18-43-61(53)72)56-38-21-32-50-65(56)70-58-40-23-41-59-64(58)67(50)51-33-22-39-57(66(51)71-59)69-54-36-15-19-44-62(54)73(48-28-9-3-10-29-48,49-30-11-4-12-31-49)63-45-20-16-37-55(63)69/h1-45,72-73H/q-2. The van der Waals surface area contributed by atoms with Crippen LogP contribution in [0.25, 0.3) is 0 Å². The second-order valence-corrected chi connectivity index (χ2v) is 28.6. The van der Waals surface area contributed by atoms with E-state index >= 15 is 0 Å². The zero-order valence-corrected chi connectivity index (χ0v) is 42.2. The number of hydrogen-bond donors (Lipinski definition) is 0. The van der Waals surface area contributed by atoms with Gasteiger partial charge in [0.05, 0.1) is 0 Å². The van der Waals surface area contributed by atoms with Crippen molar-refractivity contribution in [3.05, 3.63) is 273 Å². The van der Waals surface area contributed by atoms with Gasteiger partial charge in [-0.05, 0) is 0 Å². The summed E-state index contributed by atoms with van der Waals surface area (Å²) >= 11 is 0. The van der Waals surface area contributed by atoms with Gasteiger partial charge in [-0.25, -0.2) is 0 Å². The number of ether oxygens (including phenoxy) is 2. The molecule has 15 rings (SSSR count). The van der Waals surface area contributed by atoms with Crippen molar-refractivity contribution in [1.29, 1.82) is 0 Å². The van der Waals surface area contributed by atoms with Crippen molar-refractivity contribution in [3.8, 4) is 23.0 Å². The van der Waals surface area contributed by atoms with Gasteiger partial charge in [0.15, 0.2) is 0 Å². The van der Waals surface area contributed by atoms with E-state index in [2.05, 4.69) is 283 Å². The molecule has 4 aliphatic heterocycles. The van der Waals surface area contributed by atoms with Crippen molar-refractivity contribution in [1.82, 2.24) is 0 Å². The fourth-order valence-electron chi connectivity index (χ4n) is 13.9. The van der Waals surface area contributed by atoms with E-state index in [-0.39, 0.29) is 6.71 Å². The molecule has 0 saturated carbocycles. The SMILES string of the molecule is c1ccc([SiH-]2(c3ccccc3)c3ccccc3N(c3cccc4c3Oc3cccc5c3B4c3cccc(N4c6ccccc6[SiH-](c6ccccc6)(c6ccccc6)c6ccccc64)c3O5)c3ccccc32)cc1. The number of benzene rings is 11. The van der Waals surface area contributed by atoms with Gasteiger partial charge in [0, 0.05) is 0 Å². The second-order valence-electron chi connectivity index (χ2n) is 20.0. The molecule has 0 bridgehead atoms.